The van der Waals surface area contributed by atoms with Crippen molar-refractivity contribution in [2.24, 2.45) is 10.7 Å². The summed E-state index contributed by atoms with van der Waals surface area (Å²) in [6.07, 6.45) is 0.432. The number of carbonyl (C=O) groups excluding carboxylic acids is 2. The fourth-order valence-corrected chi connectivity index (χ4v) is 3.80. The molecule has 2 aromatic carbocycles. The van der Waals surface area contributed by atoms with E-state index in [-0.39, 0.29) is 30.5 Å². The Balaban J connectivity index is 1.63. The van der Waals surface area contributed by atoms with Crippen molar-refractivity contribution in [1.29, 1.82) is 0 Å². The number of Topliss-reactive ketones (excluding diaryl/α,β-unsaturated/α-hetero) is 1. The number of furan rings is 1. The number of fused-ring (bicyclic) bond motifs is 1. The lowest BCUT2D eigenvalue weighted by molar-refractivity contribution is -0.128. The van der Waals surface area contributed by atoms with Crippen molar-refractivity contribution in [3.8, 4) is 0 Å². The van der Waals surface area contributed by atoms with Crippen molar-refractivity contribution >= 4 is 28.6 Å². The Kier molecular flexibility index (Phi) is 4.49. The zero-order chi connectivity index (χ0) is 20.8. The molecule has 1 atom stereocenters. The van der Waals surface area contributed by atoms with Crippen LogP contribution in [0, 0.1) is 6.92 Å². The summed E-state index contributed by atoms with van der Waals surface area (Å²) < 4.78 is 5.80. The molecule has 148 valence electrons. The molecule has 0 spiro atoms. The third kappa shape index (κ3) is 3.31. The number of amides is 1. The van der Waals surface area contributed by atoms with Crippen LogP contribution in [0.3, 0.4) is 0 Å². The normalized spacial score (nSPS) is 19.5. The number of guanidine groups is 1. The molecule has 3 aromatic rings. The maximum atomic E-state index is 12.9. The van der Waals surface area contributed by atoms with Crippen LogP contribution in [0.4, 0.5) is 0 Å². The van der Waals surface area contributed by atoms with Crippen LogP contribution in [0.5, 0.6) is 0 Å². The van der Waals surface area contributed by atoms with Gasteiger partial charge in [-0.15, -0.1) is 0 Å². The number of nitrogens with zero attached hydrogens (tertiary/aromatic N) is 2. The van der Waals surface area contributed by atoms with Gasteiger partial charge < -0.3 is 10.2 Å². The van der Waals surface area contributed by atoms with E-state index in [1.165, 1.54) is 4.90 Å². The highest BCUT2D eigenvalue weighted by Gasteiger charge is 2.36. The molecule has 2 N–H and O–H groups in total. The molecule has 29 heavy (non-hydrogen) atoms. The lowest BCUT2D eigenvalue weighted by Crippen LogP contribution is -2.47. The van der Waals surface area contributed by atoms with E-state index in [1.807, 2.05) is 62.4 Å². The summed E-state index contributed by atoms with van der Waals surface area (Å²) in [6, 6.07) is 15.2. The van der Waals surface area contributed by atoms with Gasteiger partial charge in [0.15, 0.2) is 11.7 Å². The van der Waals surface area contributed by atoms with Gasteiger partial charge in [-0.25, -0.2) is 4.99 Å². The van der Waals surface area contributed by atoms with Gasteiger partial charge in [-0.1, -0.05) is 42.5 Å². The second kappa shape index (κ2) is 6.88. The van der Waals surface area contributed by atoms with Crippen LogP contribution < -0.4 is 5.73 Å². The molecule has 1 aliphatic rings. The predicted octanol–water partition coefficient (Wildman–Crippen LogP) is 3.56. The number of aliphatic imine (C=N–C) groups is 1. The summed E-state index contributed by atoms with van der Waals surface area (Å²) in [6.45, 7) is 3.78. The average molecular weight is 389 g/mol. The van der Waals surface area contributed by atoms with Gasteiger partial charge in [0, 0.05) is 24.4 Å². The van der Waals surface area contributed by atoms with Crippen molar-refractivity contribution < 1.29 is 14.0 Å². The smallest absolute Gasteiger partial charge is 0.231 e. The van der Waals surface area contributed by atoms with E-state index in [4.69, 9.17) is 10.2 Å². The standard InChI is InChI=1S/C23H23N3O3/c1-14-17-9-4-5-10-19(17)29-21(14)18(27)12-15-7-6-8-16(11-15)23(2)13-20(28)26(3)22(24)25-23/h4-11H,12-13H2,1-3H3,(H2,24,25). The SMILES string of the molecule is Cc1c(C(=O)Cc2cccc(C3(C)CC(=O)N(C)C(N)=N3)c2)oc2ccccc12. The number of rotatable bonds is 4. The van der Waals surface area contributed by atoms with Gasteiger partial charge in [-0.2, -0.15) is 0 Å². The molecular weight excluding hydrogens is 366 g/mol. The van der Waals surface area contributed by atoms with Crippen molar-refractivity contribution in [3.63, 3.8) is 0 Å². The lowest BCUT2D eigenvalue weighted by atomic mass is 9.86. The van der Waals surface area contributed by atoms with Crippen LogP contribution in [-0.4, -0.2) is 29.6 Å². The highest BCUT2D eigenvalue weighted by atomic mass is 16.3. The van der Waals surface area contributed by atoms with Gasteiger partial charge >= 0.3 is 0 Å². The Morgan fingerprint density at radius 3 is 2.72 bits per heavy atom. The molecule has 1 unspecified atom stereocenters. The Hall–Kier alpha value is -3.41. The molecule has 1 amide bonds. The topological polar surface area (TPSA) is 88.9 Å². The van der Waals surface area contributed by atoms with Crippen LogP contribution in [-0.2, 0) is 16.8 Å². The molecule has 0 radical (unpaired) electrons. The van der Waals surface area contributed by atoms with Gasteiger partial charge in [-0.3, -0.25) is 14.5 Å². The van der Waals surface area contributed by atoms with Crippen molar-refractivity contribution in [2.75, 3.05) is 7.05 Å². The highest BCUT2D eigenvalue weighted by Crippen LogP contribution is 2.33. The van der Waals surface area contributed by atoms with E-state index < -0.39 is 5.54 Å². The molecule has 2 heterocycles. The minimum absolute atomic E-state index is 0.0801. The lowest BCUT2D eigenvalue weighted by Gasteiger charge is -2.33. The number of hydrogen-bond acceptors (Lipinski definition) is 5. The molecule has 0 bridgehead atoms. The first kappa shape index (κ1) is 18.9. The molecule has 4 rings (SSSR count). The molecule has 0 saturated heterocycles. The van der Waals surface area contributed by atoms with Gasteiger partial charge in [0.2, 0.25) is 11.7 Å². The maximum Gasteiger partial charge on any atom is 0.231 e. The maximum absolute atomic E-state index is 12.9. The highest BCUT2D eigenvalue weighted by molar-refractivity contribution is 6.01. The molecular formula is C23H23N3O3. The van der Waals surface area contributed by atoms with Gasteiger partial charge in [0.25, 0.3) is 0 Å². The Labute approximate surface area is 169 Å². The van der Waals surface area contributed by atoms with Crippen LogP contribution in [0.2, 0.25) is 0 Å². The van der Waals surface area contributed by atoms with Gasteiger partial charge in [-0.05, 0) is 31.0 Å². The molecule has 6 nitrogen and oxygen atoms in total. The third-order valence-corrected chi connectivity index (χ3v) is 5.59. The third-order valence-electron chi connectivity index (χ3n) is 5.59. The number of nitrogens with two attached hydrogens (primary N) is 1. The van der Waals surface area contributed by atoms with Crippen LogP contribution >= 0.6 is 0 Å². The van der Waals surface area contributed by atoms with Crippen molar-refractivity contribution in [3.05, 3.63) is 71.0 Å². The van der Waals surface area contributed by atoms with E-state index in [0.29, 0.717) is 11.3 Å². The minimum atomic E-state index is -0.748. The second-order valence-corrected chi connectivity index (χ2v) is 7.73. The first-order chi connectivity index (χ1) is 13.8. The van der Waals surface area contributed by atoms with E-state index in [0.717, 1.165) is 22.1 Å². The average Bonchev–Trinajstić information content (AvgIpc) is 3.03. The van der Waals surface area contributed by atoms with Crippen LogP contribution in [0.15, 0.2) is 57.9 Å². The molecule has 0 saturated carbocycles. The summed E-state index contributed by atoms with van der Waals surface area (Å²) in [5, 5.41) is 0.951. The number of benzene rings is 2. The second-order valence-electron chi connectivity index (χ2n) is 7.73. The first-order valence-electron chi connectivity index (χ1n) is 9.51. The molecule has 0 aliphatic carbocycles. The van der Waals surface area contributed by atoms with Crippen molar-refractivity contribution in [2.45, 2.75) is 32.2 Å². The fourth-order valence-electron chi connectivity index (χ4n) is 3.80. The number of aryl methyl sites for hydroxylation is 1. The summed E-state index contributed by atoms with van der Waals surface area (Å²) in [7, 11) is 1.62. The summed E-state index contributed by atoms with van der Waals surface area (Å²) >= 11 is 0. The zero-order valence-corrected chi connectivity index (χ0v) is 16.7. The summed E-state index contributed by atoms with van der Waals surface area (Å²) in [5.41, 5.74) is 8.43. The van der Waals surface area contributed by atoms with Crippen LogP contribution in [0.1, 0.15) is 40.6 Å². The van der Waals surface area contributed by atoms with E-state index in [1.54, 1.807) is 7.05 Å². The summed E-state index contributed by atoms with van der Waals surface area (Å²) in [4.78, 5) is 31.1. The minimum Gasteiger partial charge on any atom is -0.453 e. The molecule has 0 fully saturated rings. The first-order valence-corrected chi connectivity index (χ1v) is 9.51. The monoisotopic (exact) mass is 389 g/mol. The molecule has 6 heteroatoms. The summed E-state index contributed by atoms with van der Waals surface area (Å²) in [5.74, 6) is 0.422. The largest absolute Gasteiger partial charge is 0.453 e. The number of ketones is 1. The fraction of sp³-hybridized carbons (Fsp3) is 0.261. The Bertz CT molecular complexity index is 1160. The molecule has 1 aromatic heterocycles. The van der Waals surface area contributed by atoms with E-state index in [9.17, 15) is 9.59 Å². The Morgan fingerprint density at radius 1 is 1.24 bits per heavy atom. The molecule has 1 aliphatic heterocycles. The number of para-hydroxylation sites is 1. The van der Waals surface area contributed by atoms with Crippen molar-refractivity contribution in [1.82, 2.24) is 4.90 Å². The Morgan fingerprint density at radius 2 is 2.00 bits per heavy atom. The van der Waals surface area contributed by atoms with E-state index in [2.05, 4.69) is 4.99 Å². The number of carbonyl (C=O) groups is 2. The quantitative estimate of drug-likeness (QED) is 0.691. The van der Waals surface area contributed by atoms with Gasteiger partial charge in [0.05, 0.1) is 12.0 Å². The van der Waals surface area contributed by atoms with E-state index >= 15 is 0 Å². The van der Waals surface area contributed by atoms with Crippen LogP contribution in [0.25, 0.3) is 11.0 Å². The zero-order valence-electron chi connectivity index (χ0n) is 16.7. The number of hydrogen-bond donors (Lipinski definition) is 1. The van der Waals surface area contributed by atoms with Gasteiger partial charge in [0.1, 0.15) is 5.58 Å². The predicted molar refractivity (Wildman–Crippen MR) is 112 cm³/mol.